The molecule has 1 heterocycles. The van der Waals surface area contributed by atoms with Crippen molar-refractivity contribution in [2.24, 2.45) is 5.73 Å². The molecule has 0 radical (unpaired) electrons. The van der Waals surface area contributed by atoms with Gasteiger partial charge in [0.05, 0.1) is 17.8 Å². The molecule has 2 aromatic carbocycles. The van der Waals surface area contributed by atoms with E-state index >= 15 is 0 Å². The molecule has 0 bridgehead atoms. The molecule has 24 heavy (non-hydrogen) atoms. The van der Waals surface area contributed by atoms with Gasteiger partial charge < -0.3 is 15.8 Å². The third kappa shape index (κ3) is 3.01. The number of anilines is 1. The molecule has 0 saturated heterocycles. The highest BCUT2D eigenvalue weighted by Gasteiger charge is 2.35. The summed E-state index contributed by atoms with van der Waals surface area (Å²) in [6.07, 6.45) is -5.21. The Morgan fingerprint density at radius 2 is 1.79 bits per heavy atom. The maximum absolute atomic E-state index is 13.9. The van der Waals surface area contributed by atoms with E-state index in [1.807, 2.05) is 0 Å². The maximum atomic E-state index is 13.9. The molecule has 0 saturated carbocycles. The van der Waals surface area contributed by atoms with Gasteiger partial charge in [0.1, 0.15) is 17.7 Å². The van der Waals surface area contributed by atoms with E-state index in [9.17, 15) is 22.0 Å². The van der Waals surface area contributed by atoms with Gasteiger partial charge in [-0.25, -0.2) is 8.78 Å². The lowest BCUT2D eigenvalue weighted by atomic mass is 9.96. The molecule has 3 N–H and O–H groups in total. The first-order chi connectivity index (χ1) is 11.3. The molecule has 2 aromatic rings. The molecule has 0 fully saturated rings. The molecule has 1 atom stereocenters. The van der Waals surface area contributed by atoms with Crippen molar-refractivity contribution in [3.63, 3.8) is 0 Å². The van der Waals surface area contributed by atoms with E-state index in [-0.39, 0.29) is 23.5 Å². The minimum absolute atomic E-state index is 0.0224. The highest BCUT2D eigenvalue weighted by atomic mass is 19.4. The van der Waals surface area contributed by atoms with Crippen molar-refractivity contribution in [3.05, 3.63) is 47.5 Å². The quantitative estimate of drug-likeness (QED) is 0.815. The summed E-state index contributed by atoms with van der Waals surface area (Å²) < 4.78 is 72.7. The van der Waals surface area contributed by atoms with Gasteiger partial charge in [-0.3, -0.25) is 0 Å². The number of rotatable bonds is 2. The van der Waals surface area contributed by atoms with Crippen LogP contribution >= 0.6 is 0 Å². The van der Waals surface area contributed by atoms with Gasteiger partial charge in [-0.2, -0.15) is 13.2 Å². The normalized spacial score (nSPS) is 17.0. The van der Waals surface area contributed by atoms with Crippen LogP contribution in [0.4, 0.5) is 27.6 Å². The van der Waals surface area contributed by atoms with Crippen LogP contribution in [0, 0.1) is 11.6 Å². The first kappa shape index (κ1) is 16.5. The van der Waals surface area contributed by atoms with Crippen LogP contribution in [0.25, 0.3) is 11.1 Å². The lowest BCUT2D eigenvalue weighted by molar-refractivity contribution is -0.137. The average Bonchev–Trinajstić information content (AvgIpc) is 2.52. The number of fused-ring (bicyclic) bond motifs is 1. The number of nitrogens with two attached hydrogens (primary N) is 1. The Morgan fingerprint density at radius 3 is 2.46 bits per heavy atom. The van der Waals surface area contributed by atoms with Crippen molar-refractivity contribution in [3.8, 4) is 16.9 Å². The molecule has 0 amide bonds. The predicted octanol–water partition coefficient (Wildman–Crippen LogP) is 3.78. The van der Waals surface area contributed by atoms with Crippen LogP contribution in [0.3, 0.4) is 0 Å². The van der Waals surface area contributed by atoms with E-state index in [1.54, 1.807) is 0 Å². The van der Waals surface area contributed by atoms with Crippen LogP contribution in [-0.2, 0) is 6.18 Å². The second kappa shape index (κ2) is 5.94. The second-order valence-electron chi connectivity index (χ2n) is 5.37. The molecule has 1 aliphatic rings. The average molecular weight is 344 g/mol. The van der Waals surface area contributed by atoms with Crippen molar-refractivity contribution in [1.82, 2.24) is 0 Å². The Kier molecular flexibility index (Phi) is 4.08. The summed E-state index contributed by atoms with van der Waals surface area (Å²) in [6.45, 7) is 0.417. The minimum Gasteiger partial charge on any atom is -0.484 e. The summed E-state index contributed by atoms with van der Waals surface area (Å²) in [5, 5.41) is 2.87. The minimum atomic E-state index is -4.72. The van der Waals surface area contributed by atoms with Crippen LogP contribution in [0.5, 0.6) is 5.75 Å². The topological polar surface area (TPSA) is 47.3 Å². The third-order valence-corrected chi connectivity index (χ3v) is 3.70. The second-order valence-corrected chi connectivity index (χ2v) is 5.37. The van der Waals surface area contributed by atoms with E-state index < -0.39 is 35.0 Å². The highest BCUT2D eigenvalue weighted by molar-refractivity contribution is 5.81. The van der Waals surface area contributed by atoms with Gasteiger partial charge in [-0.05, 0) is 24.3 Å². The zero-order valence-electron chi connectivity index (χ0n) is 12.3. The monoisotopic (exact) mass is 344 g/mol. The largest absolute Gasteiger partial charge is 0.484 e. The van der Waals surface area contributed by atoms with E-state index in [0.717, 1.165) is 12.1 Å². The van der Waals surface area contributed by atoms with E-state index in [0.29, 0.717) is 24.7 Å². The summed E-state index contributed by atoms with van der Waals surface area (Å²) in [7, 11) is 0. The van der Waals surface area contributed by atoms with Crippen molar-refractivity contribution >= 4 is 5.69 Å². The molecule has 1 unspecified atom stereocenters. The predicted molar refractivity (Wildman–Crippen MR) is 78.8 cm³/mol. The number of halogens is 5. The lowest BCUT2D eigenvalue weighted by Crippen LogP contribution is -2.37. The maximum Gasteiger partial charge on any atom is 0.417 e. The fourth-order valence-corrected chi connectivity index (χ4v) is 2.60. The number of hydrogen-bond donors (Lipinski definition) is 2. The van der Waals surface area contributed by atoms with Crippen LogP contribution in [0.2, 0.25) is 0 Å². The molecule has 3 rings (SSSR count). The number of nitrogens with one attached hydrogen (secondary N) is 1. The van der Waals surface area contributed by atoms with Gasteiger partial charge in [0.2, 0.25) is 0 Å². The van der Waals surface area contributed by atoms with Crippen molar-refractivity contribution < 1.29 is 26.7 Å². The SMILES string of the molecule is NCC1CNc2cc(F)cc(-c3cc(F)ccc3C(F)(F)F)c2O1. The number of benzene rings is 2. The van der Waals surface area contributed by atoms with Crippen LogP contribution in [0.1, 0.15) is 5.56 Å². The zero-order chi connectivity index (χ0) is 17.5. The van der Waals surface area contributed by atoms with E-state index in [4.69, 9.17) is 10.5 Å². The Hall–Kier alpha value is -2.35. The van der Waals surface area contributed by atoms with E-state index in [2.05, 4.69) is 5.32 Å². The molecular formula is C16H13F5N2O. The fourth-order valence-electron chi connectivity index (χ4n) is 2.60. The zero-order valence-corrected chi connectivity index (χ0v) is 12.3. The fraction of sp³-hybridized carbons (Fsp3) is 0.250. The van der Waals surface area contributed by atoms with Gasteiger partial charge in [-0.15, -0.1) is 0 Å². The summed E-state index contributed by atoms with van der Waals surface area (Å²) in [4.78, 5) is 0. The summed E-state index contributed by atoms with van der Waals surface area (Å²) in [6, 6.07) is 4.05. The summed E-state index contributed by atoms with van der Waals surface area (Å²) in [5.74, 6) is -1.60. The molecule has 0 spiro atoms. The highest BCUT2D eigenvalue weighted by Crippen LogP contribution is 2.45. The van der Waals surface area contributed by atoms with Crippen molar-refractivity contribution in [2.45, 2.75) is 12.3 Å². The Balaban J connectivity index is 2.24. The van der Waals surface area contributed by atoms with Gasteiger partial charge in [0, 0.05) is 23.7 Å². The van der Waals surface area contributed by atoms with Crippen molar-refractivity contribution in [2.75, 3.05) is 18.4 Å². The Morgan fingerprint density at radius 1 is 1.08 bits per heavy atom. The standard InChI is InChI=1S/C16H13F5N2O/c17-8-1-2-13(16(19,20)21)11(3-8)12-4-9(18)5-14-15(12)24-10(6-22)7-23-14/h1-5,10,23H,6-7,22H2. The van der Waals surface area contributed by atoms with E-state index in [1.165, 1.54) is 0 Å². The van der Waals surface area contributed by atoms with Crippen LogP contribution in [-0.4, -0.2) is 19.2 Å². The smallest absolute Gasteiger partial charge is 0.417 e. The van der Waals surface area contributed by atoms with Crippen LogP contribution in [0.15, 0.2) is 30.3 Å². The molecule has 0 aliphatic carbocycles. The first-order valence-corrected chi connectivity index (χ1v) is 7.11. The van der Waals surface area contributed by atoms with Gasteiger partial charge in [0.25, 0.3) is 0 Å². The summed E-state index contributed by atoms with van der Waals surface area (Å²) in [5.41, 5.74) is 3.98. The molecule has 3 nitrogen and oxygen atoms in total. The molecule has 0 aromatic heterocycles. The number of hydrogen-bond acceptors (Lipinski definition) is 3. The number of alkyl halides is 3. The lowest BCUT2D eigenvalue weighted by Gasteiger charge is -2.29. The van der Waals surface area contributed by atoms with Crippen LogP contribution < -0.4 is 15.8 Å². The molecule has 128 valence electrons. The molecule has 1 aliphatic heterocycles. The Labute approximate surface area is 134 Å². The van der Waals surface area contributed by atoms with Gasteiger partial charge in [0.15, 0.2) is 5.75 Å². The Bertz CT molecular complexity index is 776. The summed E-state index contributed by atoms with van der Waals surface area (Å²) >= 11 is 0. The first-order valence-electron chi connectivity index (χ1n) is 7.11. The van der Waals surface area contributed by atoms with Crippen molar-refractivity contribution in [1.29, 1.82) is 0 Å². The molecular weight excluding hydrogens is 331 g/mol. The van der Waals surface area contributed by atoms with Gasteiger partial charge >= 0.3 is 6.18 Å². The molecule has 8 heteroatoms. The third-order valence-electron chi connectivity index (χ3n) is 3.70. The number of ether oxygens (including phenoxy) is 1. The van der Waals surface area contributed by atoms with Gasteiger partial charge in [-0.1, -0.05) is 0 Å².